The summed E-state index contributed by atoms with van der Waals surface area (Å²) in [4.78, 5) is 40.9. The van der Waals surface area contributed by atoms with Crippen LogP contribution in [0.5, 0.6) is 0 Å². The molecule has 1 aliphatic carbocycles. The van der Waals surface area contributed by atoms with Crippen LogP contribution in [-0.4, -0.2) is 85.8 Å². The Morgan fingerprint density at radius 1 is 0.950 bits per heavy atom. The first kappa shape index (κ1) is 29.7. The number of nitrogens with zero attached hydrogens (tertiary/aromatic N) is 2. The molecule has 2 aromatic carbocycles. The van der Waals surface area contributed by atoms with E-state index in [2.05, 4.69) is 0 Å². The molecule has 1 heterocycles. The van der Waals surface area contributed by atoms with E-state index in [0.717, 1.165) is 31.2 Å². The third kappa shape index (κ3) is 5.52. The van der Waals surface area contributed by atoms with Crippen LogP contribution >= 0.6 is 0 Å². The van der Waals surface area contributed by atoms with E-state index in [0.29, 0.717) is 54.5 Å². The van der Waals surface area contributed by atoms with Gasteiger partial charge in [-0.05, 0) is 36.1 Å². The topological polar surface area (TPSA) is 93.1 Å². The fourth-order valence-electron chi connectivity index (χ4n) is 6.68. The second kappa shape index (κ2) is 12.1. The van der Waals surface area contributed by atoms with Crippen LogP contribution in [0.15, 0.2) is 54.6 Å². The van der Waals surface area contributed by atoms with Crippen molar-refractivity contribution in [1.82, 2.24) is 4.90 Å². The van der Waals surface area contributed by atoms with E-state index in [1.54, 1.807) is 17.0 Å². The highest BCUT2D eigenvalue weighted by molar-refractivity contribution is 5.89. The van der Waals surface area contributed by atoms with E-state index in [9.17, 15) is 19.5 Å². The van der Waals surface area contributed by atoms with Gasteiger partial charge in [-0.15, -0.1) is 0 Å². The van der Waals surface area contributed by atoms with Gasteiger partial charge >= 0.3 is 11.9 Å². The monoisotopic (exact) mass is 551 g/mol. The molecule has 1 aliphatic heterocycles. The van der Waals surface area contributed by atoms with Crippen molar-refractivity contribution in [1.29, 1.82) is 0 Å². The number of benzene rings is 2. The summed E-state index contributed by atoms with van der Waals surface area (Å²) in [7, 11) is 6.85. The minimum atomic E-state index is -1.57. The van der Waals surface area contributed by atoms with Crippen molar-refractivity contribution < 1.29 is 33.4 Å². The van der Waals surface area contributed by atoms with Crippen molar-refractivity contribution in [3.8, 4) is 0 Å². The molecule has 0 spiro atoms. The maximum atomic E-state index is 14.0. The van der Waals surface area contributed by atoms with Gasteiger partial charge in [0.05, 0.1) is 40.4 Å². The van der Waals surface area contributed by atoms with Crippen molar-refractivity contribution in [2.75, 3.05) is 47.9 Å². The number of rotatable bonds is 9. The highest BCUT2D eigenvalue weighted by Crippen LogP contribution is 2.43. The highest BCUT2D eigenvalue weighted by atomic mass is 16.5. The standard InChI is InChI=1S/C32H43N2O6/c1-34(2,23-18-24-14-16-25(17-15-24)28(35)39-3)31(30(37)40-4)19-21-33(22-20-31)29(36)32(38,27-12-8-9-13-27)26-10-6-5-7-11-26/h5-7,10-11,14-17,27,38H,8-9,12-13,18-23H2,1-4H3/q+1/t32-/m0/s1. The maximum absolute atomic E-state index is 14.0. The molecule has 2 aliphatic rings. The molecular weight excluding hydrogens is 508 g/mol. The summed E-state index contributed by atoms with van der Waals surface area (Å²) in [5.74, 6) is -1.03. The molecule has 2 aromatic rings. The van der Waals surface area contributed by atoms with Crippen LogP contribution in [0.4, 0.5) is 0 Å². The first-order chi connectivity index (χ1) is 19.1. The fourth-order valence-corrected chi connectivity index (χ4v) is 6.68. The molecule has 2 fully saturated rings. The second-order valence-corrected chi connectivity index (χ2v) is 11.8. The van der Waals surface area contributed by atoms with Crippen molar-refractivity contribution in [2.45, 2.75) is 56.1 Å². The van der Waals surface area contributed by atoms with E-state index in [-0.39, 0.29) is 23.8 Å². The Balaban J connectivity index is 1.51. The summed E-state index contributed by atoms with van der Waals surface area (Å²) in [6, 6.07) is 16.6. The smallest absolute Gasteiger partial charge is 0.368 e. The lowest BCUT2D eigenvalue weighted by Gasteiger charge is -2.51. The molecule has 0 aromatic heterocycles. The van der Waals surface area contributed by atoms with E-state index < -0.39 is 11.1 Å². The minimum Gasteiger partial charge on any atom is -0.465 e. The Bertz CT molecular complexity index is 1180. The van der Waals surface area contributed by atoms with Gasteiger partial charge < -0.3 is 24.0 Å². The number of hydrogen-bond donors (Lipinski definition) is 1. The van der Waals surface area contributed by atoms with Crippen LogP contribution in [0, 0.1) is 5.92 Å². The van der Waals surface area contributed by atoms with Gasteiger partial charge in [-0.2, -0.15) is 0 Å². The number of carbonyl (C=O) groups is 3. The summed E-state index contributed by atoms with van der Waals surface area (Å²) in [5.41, 5.74) is -0.197. The van der Waals surface area contributed by atoms with Crippen LogP contribution in [0.3, 0.4) is 0 Å². The number of carbonyl (C=O) groups excluding carboxylic acids is 3. The van der Waals surface area contributed by atoms with Gasteiger partial charge in [0.2, 0.25) is 0 Å². The Labute approximate surface area is 237 Å². The predicted octanol–water partition coefficient (Wildman–Crippen LogP) is 3.70. The van der Waals surface area contributed by atoms with Crippen LogP contribution in [0.1, 0.15) is 60.0 Å². The van der Waals surface area contributed by atoms with Gasteiger partial charge in [-0.25, -0.2) is 9.59 Å². The third-order valence-electron chi connectivity index (χ3n) is 9.42. The summed E-state index contributed by atoms with van der Waals surface area (Å²) < 4.78 is 10.5. The number of likely N-dealkylation sites (tertiary alicyclic amines) is 1. The van der Waals surface area contributed by atoms with Crippen molar-refractivity contribution in [3.05, 3.63) is 71.3 Å². The second-order valence-electron chi connectivity index (χ2n) is 11.8. The molecule has 0 unspecified atom stereocenters. The van der Waals surface area contributed by atoms with Crippen molar-refractivity contribution in [3.63, 3.8) is 0 Å². The van der Waals surface area contributed by atoms with Crippen LogP contribution < -0.4 is 0 Å². The summed E-state index contributed by atoms with van der Waals surface area (Å²) in [6.45, 7) is 1.40. The molecule has 1 saturated heterocycles. The van der Waals surface area contributed by atoms with E-state index in [4.69, 9.17) is 9.47 Å². The fraction of sp³-hybridized carbons (Fsp3) is 0.531. The first-order valence-corrected chi connectivity index (χ1v) is 14.2. The van der Waals surface area contributed by atoms with Crippen LogP contribution in [0.25, 0.3) is 0 Å². The van der Waals surface area contributed by atoms with Gasteiger partial charge in [0.1, 0.15) is 0 Å². The van der Waals surface area contributed by atoms with Crippen molar-refractivity contribution in [2.24, 2.45) is 5.92 Å². The molecule has 0 radical (unpaired) electrons. The van der Waals surface area contributed by atoms with Gasteiger partial charge in [0, 0.05) is 38.3 Å². The number of likely N-dealkylation sites (N-methyl/N-ethyl adjacent to an activating group) is 1. The van der Waals surface area contributed by atoms with Crippen LogP contribution in [-0.2, 0) is 31.1 Å². The minimum absolute atomic E-state index is 0.118. The summed E-state index contributed by atoms with van der Waals surface area (Å²) >= 11 is 0. The lowest BCUT2D eigenvalue weighted by molar-refractivity contribution is -0.933. The van der Waals surface area contributed by atoms with Gasteiger partial charge in [0.25, 0.3) is 5.91 Å². The number of methoxy groups -OCH3 is 2. The maximum Gasteiger partial charge on any atom is 0.368 e. The van der Waals surface area contributed by atoms with E-state index >= 15 is 0 Å². The zero-order valence-corrected chi connectivity index (χ0v) is 24.2. The molecule has 8 nitrogen and oxygen atoms in total. The molecular formula is C32H43N2O6+. The molecule has 4 rings (SSSR count). The quantitative estimate of drug-likeness (QED) is 0.377. The molecule has 216 valence electrons. The largest absolute Gasteiger partial charge is 0.465 e. The molecule has 1 amide bonds. The SMILES string of the molecule is COC(=O)c1ccc(CC[N+](C)(C)C2(C(=O)OC)CCN(C(=O)[C@](O)(c3ccccc3)C3CCCC3)CC2)cc1. The molecule has 1 atom stereocenters. The number of esters is 2. The summed E-state index contributed by atoms with van der Waals surface area (Å²) in [5, 5.41) is 12.0. The Morgan fingerprint density at radius 3 is 2.10 bits per heavy atom. The lowest BCUT2D eigenvalue weighted by atomic mass is 9.77. The van der Waals surface area contributed by atoms with Crippen LogP contribution in [0.2, 0.25) is 0 Å². The predicted molar refractivity (Wildman–Crippen MR) is 151 cm³/mol. The zero-order chi connectivity index (χ0) is 29.0. The number of quaternary nitrogens is 1. The number of amides is 1. The average Bonchev–Trinajstić information content (AvgIpc) is 3.55. The lowest BCUT2D eigenvalue weighted by Crippen LogP contribution is -2.69. The zero-order valence-electron chi connectivity index (χ0n) is 24.2. The normalized spacial score (nSPS) is 19.1. The molecule has 1 saturated carbocycles. The number of hydrogen-bond acceptors (Lipinski definition) is 6. The summed E-state index contributed by atoms with van der Waals surface area (Å²) in [6.07, 6.45) is 5.24. The van der Waals surface area contributed by atoms with Crippen molar-refractivity contribution >= 4 is 17.8 Å². The van der Waals surface area contributed by atoms with E-state index in [1.807, 2.05) is 56.6 Å². The van der Waals surface area contributed by atoms with Gasteiger partial charge in [-0.3, -0.25) is 4.79 Å². The third-order valence-corrected chi connectivity index (χ3v) is 9.42. The molecule has 8 heteroatoms. The molecule has 40 heavy (non-hydrogen) atoms. The Morgan fingerprint density at radius 2 is 1.55 bits per heavy atom. The Kier molecular flexibility index (Phi) is 9.00. The average molecular weight is 552 g/mol. The Hall–Kier alpha value is -3.23. The number of ether oxygens (including phenoxy) is 2. The van der Waals surface area contributed by atoms with Gasteiger partial charge in [-0.1, -0.05) is 55.3 Å². The molecule has 1 N–H and O–H groups in total. The highest BCUT2D eigenvalue weighted by Gasteiger charge is 2.57. The number of piperidine rings is 1. The molecule has 0 bridgehead atoms. The van der Waals surface area contributed by atoms with Gasteiger partial charge in [0.15, 0.2) is 11.1 Å². The first-order valence-electron chi connectivity index (χ1n) is 14.2. The number of aliphatic hydroxyl groups is 1. The van der Waals surface area contributed by atoms with E-state index in [1.165, 1.54) is 14.2 Å².